The van der Waals surface area contributed by atoms with E-state index in [1.807, 2.05) is 23.1 Å². The molecule has 0 bridgehead atoms. The van der Waals surface area contributed by atoms with Gasteiger partial charge in [0.15, 0.2) is 0 Å². The molecule has 1 aromatic heterocycles. The van der Waals surface area contributed by atoms with E-state index in [9.17, 15) is 4.79 Å². The fourth-order valence-electron chi connectivity index (χ4n) is 3.67. The molecule has 1 aromatic rings. The molecule has 2 aliphatic rings. The van der Waals surface area contributed by atoms with Gasteiger partial charge in [0.2, 0.25) is 11.8 Å². The van der Waals surface area contributed by atoms with E-state index in [-0.39, 0.29) is 5.41 Å². The van der Waals surface area contributed by atoms with Crippen LogP contribution in [0.3, 0.4) is 0 Å². The second-order valence-electron chi connectivity index (χ2n) is 6.45. The highest BCUT2D eigenvalue weighted by molar-refractivity contribution is 5.85. The van der Waals surface area contributed by atoms with Crippen molar-refractivity contribution in [2.24, 2.45) is 5.41 Å². The summed E-state index contributed by atoms with van der Waals surface area (Å²) >= 11 is 0. The first-order valence-electron chi connectivity index (χ1n) is 8.17. The normalized spacial score (nSPS) is 24.8. The fraction of sp³-hybridized carbons (Fsp3) is 0.647. The van der Waals surface area contributed by atoms with Crippen molar-refractivity contribution in [2.75, 3.05) is 47.0 Å². The van der Waals surface area contributed by atoms with Crippen molar-refractivity contribution in [3.8, 4) is 5.88 Å². The maximum atomic E-state index is 12.7. The summed E-state index contributed by atoms with van der Waals surface area (Å²) in [7, 11) is 3.30. The van der Waals surface area contributed by atoms with Crippen molar-refractivity contribution in [1.29, 1.82) is 0 Å². The molecule has 2 saturated heterocycles. The summed E-state index contributed by atoms with van der Waals surface area (Å²) in [6.45, 7) is 4.71. The number of nitrogens with zero attached hydrogens (tertiary/aromatic N) is 3. The summed E-state index contributed by atoms with van der Waals surface area (Å²) in [6.07, 6.45) is 1.90. The van der Waals surface area contributed by atoms with Gasteiger partial charge in [-0.1, -0.05) is 6.07 Å². The lowest BCUT2D eigenvalue weighted by Gasteiger charge is -2.23. The summed E-state index contributed by atoms with van der Waals surface area (Å²) in [4.78, 5) is 21.5. The minimum atomic E-state index is -0.188. The minimum Gasteiger partial charge on any atom is -0.481 e. The summed E-state index contributed by atoms with van der Waals surface area (Å²) in [5.74, 6) is 0.940. The van der Waals surface area contributed by atoms with Gasteiger partial charge < -0.3 is 14.4 Å². The SMILES string of the molecule is COCCN1CCC2(CCN(Cc3cccc(OC)n3)C2)C1=O. The lowest BCUT2D eigenvalue weighted by molar-refractivity contribution is -0.136. The molecule has 126 valence electrons. The zero-order chi connectivity index (χ0) is 16.3. The van der Waals surface area contributed by atoms with Crippen LogP contribution in [0, 0.1) is 5.41 Å². The van der Waals surface area contributed by atoms with Crippen LogP contribution < -0.4 is 4.74 Å². The molecule has 0 aliphatic carbocycles. The highest BCUT2D eigenvalue weighted by Gasteiger charge is 2.50. The lowest BCUT2D eigenvalue weighted by Crippen LogP contribution is -2.38. The molecule has 0 aromatic carbocycles. The Kier molecular flexibility index (Phi) is 4.82. The number of methoxy groups -OCH3 is 2. The molecule has 1 amide bonds. The summed E-state index contributed by atoms with van der Waals surface area (Å²) in [5.41, 5.74) is 0.801. The molecule has 0 radical (unpaired) electrons. The molecule has 1 unspecified atom stereocenters. The number of amides is 1. The Balaban J connectivity index is 1.61. The van der Waals surface area contributed by atoms with E-state index < -0.39 is 0 Å². The zero-order valence-electron chi connectivity index (χ0n) is 14.0. The first-order chi connectivity index (χ1) is 11.2. The molecule has 3 heterocycles. The van der Waals surface area contributed by atoms with Gasteiger partial charge in [-0.05, 0) is 25.5 Å². The van der Waals surface area contributed by atoms with Crippen molar-refractivity contribution < 1.29 is 14.3 Å². The molecule has 2 fully saturated rings. The molecule has 6 heteroatoms. The molecule has 1 spiro atoms. The van der Waals surface area contributed by atoms with Crippen LogP contribution in [0.1, 0.15) is 18.5 Å². The van der Waals surface area contributed by atoms with Gasteiger partial charge in [-0.2, -0.15) is 0 Å². The van der Waals surface area contributed by atoms with Crippen molar-refractivity contribution >= 4 is 5.91 Å². The molecule has 6 nitrogen and oxygen atoms in total. The number of hydrogen-bond donors (Lipinski definition) is 0. The van der Waals surface area contributed by atoms with Gasteiger partial charge in [0.1, 0.15) is 0 Å². The van der Waals surface area contributed by atoms with E-state index in [1.54, 1.807) is 14.2 Å². The largest absolute Gasteiger partial charge is 0.481 e. The first-order valence-corrected chi connectivity index (χ1v) is 8.17. The van der Waals surface area contributed by atoms with Gasteiger partial charge in [0.05, 0.1) is 24.8 Å². The molecule has 0 saturated carbocycles. The van der Waals surface area contributed by atoms with Gasteiger partial charge >= 0.3 is 0 Å². The Labute approximate surface area is 137 Å². The first kappa shape index (κ1) is 16.2. The molecule has 23 heavy (non-hydrogen) atoms. The molecular weight excluding hydrogens is 294 g/mol. The van der Waals surface area contributed by atoms with Gasteiger partial charge in [-0.3, -0.25) is 9.69 Å². The number of ether oxygens (including phenoxy) is 2. The summed E-state index contributed by atoms with van der Waals surface area (Å²) in [6, 6.07) is 5.82. The fourth-order valence-corrected chi connectivity index (χ4v) is 3.67. The average molecular weight is 319 g/mol. The molecule has 2 aliphatic heterocycles. The number of rotatable bonds is 6. The van der Waals surface area contributed by atoms with Crippen LogP contribution in [0.25, 0.3) is 0 Å². The zero-order valence-corrected chi connectivity index (χ0v) is 14.0. The van der Waals surface area contributed by atoms with Crippen LogP contribution in [0.4, 0.5) is 0 Å². The molecule has 1 atom stereocenters. The van der Waals surface area contributed by atoms with Gasteiger partial charge in [-0.25, -0.2) is 4.98 Å². The van der Waals surface area contributed by atoms with E-state index in [0.717, 1.165) is 44.7 Å². The van der Waals surface area contributed by atoms with Gasteiger partial charge in [0.25, 0.3) is 0 Å². The second kappa shape index (κ2) is 6.84. The number of hydrogen-bond acceptors (Lipinski definition) is 5. The van der Waals surface area contributed by atoms with Crippen molar-refractivity contribution in [2.45, 2.75) is 19.4 Å². The van der Waals surface area contributed by atoms with E-state index in [1.165, 1.54) is 0 Å². The van der Waals surface area contributed by atoms with E-state index in [2.05, 4.69) is 9.88 Å². The molecule has 3 rings (SSSR count). The second-order valence-corrected chi connectivity index (χ2v) is 6.45. The number of carbonyl (C=O) groups excluding carboxylic acids is 1. The van der Waals surface area contributed by atoms with Crippen LogP contribution in [0.15, 0.2) is 18.2 Å². The Morgan fingerprint density at radius 3 is 2.87 bits per heavy atom. The Bertz CT molecular complexity index is 566. The topological polar surface area (TPSA) is 54.9 Å². The van der Waals surface area contributed by atoms with Crippen LogP contribution in [-0.2, 0) is 16.1 Å². The Morgan fingerprint density at radius 1 is 1.26 bits per heavy atom. The third-order valence-electron chi connectivity index (χ3n) is 4.98. The predicted octanol–water partition coefficient (Wildman–Crippen LogP) is 1.16. The summed E-state index contributed by atoms with van der Waals surface area (Å²) < 4.78 is 10.3. The predicted molar refractivity (Wildman–Crippen MR) is 86.2 cm³/mol. The lowest BCUT2D eigenvalue weighted by atomic mass is 9.85. The maximum absolute atomic E-state index is 12.7. The van der Waals surface area contributed by atoms with Crippen LogP contribution in [0.5, 0.6) is 5.88 Å². The maximum Gasteiger partial charge on any atom is 0.230 e. The third-order valence-corrected chi connectivity index (χ3v) is 4.98. The molecular formula is C17H25N3O3. The monoisotopic (exact) mass is 319 g/mol. The van der Waals surface area contributed by atoms with E-state index in [4.69, 9.17) is 9.47 Å². The minimum absolute atomic E-state index is 0.188. The Hall–Kier alpha value is -1.66. The number of pyridine rings is 1. The van der Waals surface area contributed by atoms with Crippen LogP contribution >= 0.6 is 0 Å². The van der Waals surface area contributed by atoms with Crippen LogP contribution in [0.2, 0.25) is 0 Å². The summed E-state index contributed by atoms with van der Waals surface area (Å²) in [5, 5.41) is 0. The highest BCUT2D eigenvalue weighted by Crippen LogP contribution is 2.40. The van der Waals surface area contributed by atoms with Gasteiger partial charge in [-0.15, -0.1) is 0 Å². The van der Waals surface area contributed by atoms with Crippen molar-refractivity contribution in [3.05, 3.63) is 23.9 Å². The average Bonchev–Trinajstić information content (AvgIpc) is 3.11. The smallest absolute Gasteiger partial charge is 0.230 e. The van der Waals surface area contributed by atoms with Crippen molar-refractivity contribution in [1.82, 2.24) is 14.8 Å². The number of likely N-dealkylation sites (tertiary alicyclic amines) is 2. The Morgan fingerprint density at radius 2 is 2.09 bits per heavy atom. The van der Waals surface area contributed by atoms with Crippen molar-refractivity contribution in [3.63, 3.8) is 0 Å². The van der Waals surface area contributed by atoms with Gasteiger partial charge in [0, 0.05) is 39.4 Å². The highest BCUT2D eigenvalue weighted by atomic mass is 16.5. The quantitative estimate of drug-likeness (QED) is 0.787. The van der Waals surface area contributed by atoms with E-state index in [0.29, 0.717) is 24.9 Å². The standard InChI is InChI=1S/C17H25N3O3/c1-22-11-10-20-9-7-17(16(20)21)6-8-19(13-17)12-14-4-3-5-15(18-14)23-2/h3-5H,6-13H2,1-2H3. The van der Waals surface area contributed by atoms with E-state index >= 15 is 0 Å². The number of carbonyl (C=O) groups is 1. The number of aromatic nitrogens is 1. The molecule has 0 N–H and O–H groups in total. The van der Waals surface area contributed by atoms with Crippen LogP contribution in [-0.4, -0.2) is 67.7 Å². The third kappa shape index (κ3) is 3.33.